The number of hydrogen-bond acceptors (Lipinski definition) is 10. The lowest BCUT2D eigenvalue weighted by molar-refractivity contribution is -0.142. The molecular weight excluding hydrogens is 798 g/mol. The molecule has 4 amide bonds. The number of nitrogens with one attached hydrogen (secondary N) is 3. The number of carbonyl (C=O) groups is 4. The van der Waals surface area contributed by atoms with Gasteiger partial charge in [0.05, 0.1) is 17.9 Å². The summed E-state index contributed by atoms with van der Waals surface area (Å²) >= 11 is 6.62. The molecular formula is C43H56ClN5O9S. The van der Waals surface area contributed by atoms with Gasteiger partial charge in [0.1, 0.15) is 29.8 Å². The molecule has 2 aromatic rings. The van der Waals surface area contributed by atoms with Gasteiger partial charge in [0.2, 0.25) is 33.6 Å². The van der Waals surface area contributed by atoms with E-state index < -0.39 is 68.2 Å². The molecule has 1 aromatic carbocycles. The molecule has 59 heavy (non-hydrogen) atoms. The number of fused-ring (bicyclic) bond motifs is 4. The number of pyridine rings is 1. The number of sulfonamides is 1. The molecule has 4 aliphatic carbocycles. The lowest BCUT2D eigenvalue weighted by atomic mass is 9.88. The van der Waals surface area contributed by atoms with Crippen LogP contribution in [0.3, 0.4) is 0 Å². The van der Waals surface area contributed by atoms with E-state index >= 15 is 0 Å². The molecule has 3 N–H and O–H groups in total. The Morgan fingerprint density at radius 2 is 1.81 bits per heavy atom. The molecule has 8 rings (SSSR count). The highest BCUT2D eigenvalue weighted by atomic mass is 35.5. The molecule has 1 saturated heterocycles. The van der Waals surface area contributed by atoms with Crippen molar-refractivity contribution in [1.82, 2.24) is 25.2 Å². The second kappa shape index (κ2) is 16.1. The normalized spacial score (nSPS) is 33.3. The van der Waals surface area contributed by atoms with Crippen molar-refractivity contribution in [2.24, 2.45) is 29.6 Å². The minimum Gasteiger partial charge on any atom is -0.478 e. The maximum absolute atomic E-state index is 15.0. The molecule has 3 heterocycles. The standard InChI is InChI=1S/C43H56ClN5O9S/c1-5-15-56-35-21-32-31(11-8-12-33(32)44)38(45-35)57-30-20-34-37(50)47-43(40(52)48-59(54,55)42(4)13-14-42)22-28(43)10-7-6-9-24(2)16-25(3)36(39(51)49(34)23-30)46-41(53)58-29-18-26-17-27(26)19-29/h7-8,10-12,21,24-30,34,36H,5-6,9,13-20,22-23H2,1-4H3,(H,46,53)(H,47,50)(H,48,52)/b10-7-/t24-,25+,26-,27-,28+,30+,34-,36-,43+/m0/s1. The largest absolute Gasteiger partial charge is 0.478 e. The first kappa shape index (κ1) is 41.6. The lowest BCUT2D eigenvalue weighted by Crippen LogP contribution is -2.59. The SMILES string of the molecule is CCCOc1cc2c(Cl)cccc2c(O[C@@H]2C[C@H]3C(=O)N[C@]4(C(=O)NS(=O)(=O)C5(C)CC5)C[C@H]4/C=C\CC[C@H](C)C[C@@H](C)[C@H](NC(=O)OC4C[C@@H]5C[C@H]5C4)C(=O)N3C2)n1. The zero-order valence-corrected chi connectivity index (χ0v) is 35.8. The minimum absolute atomic E-state index is 0.0166. The molecule has 0 radical (unpaired) electrons. The van der Waals surface area contributed by atoms with Crippen molar-refractivity contribution in [1.29, 1.82) is 0 Å². The molecule has 14 nitrogen and oxygen atoms in total. The number of benzene rings is 1. The highest BCUT2D eigenvalue weighted by Gasteiger charge is 2.63. The van der Waals surface area contributed by atoms with Crippen molar-refractivity contribution >= 4 is 56.2 Å². The Labute approximate surface area is 350 Å². The molecule has 6 aliphatic rings. The molecule has 16 heteroatoms. The van der Waals surface area contributed by atoms with Crippen LogP contribution in [0.15, 0.2) is 36.4 Å². The van der Waals surface area contributed by atoms with Crippen molar-refractivity contribution in [2.45, 2.75) is 133 Å². The summed E-state index contributed by atoms with van der Waals surface area (Å²) in [7, 11) is -4.01. The topological polar surface area (TPSA) is 182 Å². The number of allylic oxidation sites excluding steroid dienone is 1. The number of ether oxygens (including phenoxy) is 3. The molecule has 2 aliphatic heterocycles. The Kier molecular flexibility index (Phi) is 11.3. The number of rotatable bonds is 10. The molecule has 0 spiro atoms. The summed E-state index contributed by atoms with van der Waals surface area (Å²) in [6.07, 6.45) is 8.93. The molecule has 0 unspecified atom stereocenters. The minimum atomic E-state index is -4.01. The van der Waals surface area contributed by atoms with E-state index in [0.29, 0.717) is 65.8 Å². The average molecular weight is 854 g/mol. The van der Waals surface area contributed by atoms with Crippen LogP contribution in [0.5, 0.6) is 11.8 Å². The fourth-order valence-electron chi connectivity index (χ4n) is 9.38. The summed E-state index contributed by atoms with van der Waals surface area (Å²) < 4.78 is 46.1. The number of hydrogen-bond donors (Lipinski definition) is 3. The van der Waals surface area contributed by atoms with Gasteiger partial charge in [0, 0.05) is 34.2 Å². The Bertz CT molecular complexity index is 2140. The van der Waals surface area contributed by atoms with Gasteiger partial charge in [-0.05, 0) is 107 Å². The first-order chi connectivity index (χ1) is 28.1. The van der Waals surface area contributed by atoms with Crippen LogP contribution < -0.4 is 24.8 Å². The van der Waals surface area contributed by atoms with Crippen LogP contribution >= 0.6 is 11.6 Å². The number of nitrogens with zero attached hydrogens (tertiary/aromatic N) is 2. The summed E-state index contributed by atoms with van der Waals surface area (Å²) in [6.45, 7) is 7.97. The van der Waals surface area contributed by atoms with E-state index in [1.54, 1.807) is 25.1 Å². The molecule has 5 fully saturated rings. The predicted octanol–water partition coefficient (Wildman–Crippen LogP) is 5.80. The van der Waals surface area contributed by atoms with E-state index in [2.05, 4.69) is 27.3 Å². The highest BCUT2D eigenvalue weighted by Crippen LogP contribution is 2.52. The molecule has 320 valence electrons. The lowest BCUT2D eigenvalue weighted by Gasteiger charge is -2.33. The summed E-state index contributed by atoms with van der Waals surface area (Å²) in [5.74, 6) is -0.826. The van der Waals surface area contributed by atoms with E-state index in [1.807, 2.05) is 32.1 Å². The smallest absolute Gasteiger partial charge is 0.408 e. The summed E-state index contributed by atoms with van der Waals surface area (Å²) in [6, 6.07) is 4.92. The van der Waals surface area contributed by atoms with Gasteiger partial charge in [-0.2, -0.15) is 4.98 Å². The number of aromatic nitrogens is 1. The van der Waals surface area contributed by atoms with E-state index in [-0.39, 0.29) is 43.2 Å². The maximum Gasteiger partial charge on any atom is 0.408 e. The first-order valence-electron chi connectivity index (χ1n) is 21.3. The maximum atomic E-state index is 15.0. The van der Waals surface area contributed by atoms with Crippen molar-refractivity contribution < 1.29 is 41.8 Å². The Balaban J connectivity index is 1.12. The zero-order valence-electron chi connectivity index (χ0n) is 34.2. The fourth-order valence-corrected chi connectivity index (χ4v) is 10.9. The fraction of sp³-hybridized carbons (Fsp3) is 0.651. The van der Waals surface area contributed by atoms with Gasteiger partial charge in [-0.3, -0.25) is 19.1 Å². The van der Waals surface area contributed by atoms with Crippen LogP contribution in [0.2, 0.25) is 5.02 Å². The van der Waals surface area contributed by atoms with Crippen molar-refractivity contribution in [3.63, 3.8) is 0 Å². The molecule has 1 aromatic heterocycles. The Morgan fingerprint density at radius 1 is 1.05 bits per heavy atom. The summed E-state index contributed by atoms with van der Waals surface area (Å²) in [5.41, 5.74) is -1.54. The summed E-state index contributed by atoms with van der Waals surface area (Å²) in [4.78, 5) is 63.3. The second-order valence-corrected chi connectivity index (χ2v) is 20.9. The number of halogens is 1. The number of amides is 4. The monoisotopic (exact) mass is 853 g/mol. The molecule has 0 bridgehead atoms. The third kappa shape index (κ3) is 8.60. The zero-order chi connectivity index (χ0) is 41.9. The third-order valence-corrected chi connectivity index (χ3v) is 16.0. The van der Waals surface area contributed by atoms with Crippen LogP contribution in [0.25, 0.3) is 10.8 Å². The molecule has 9 atom stereocenters. The van der Waals surface area contributed by atoms with Crippen LogP contribution in [0.4, 0.5) is 4.79 Å². The van der Waals surface area contributed by atoms with Gasteiger partial charge in [0.25, 0.3) is 5.91 Å². The van der Waals surface area contributed by atoms with Crippen molar-refractivity contribution in [2.75, 3.05) is 13.2 Å². The van der Waals surface area contributed by atoms with Crippen molar-refractivity contribution in [3.8, 4) is 11.8 Å². The van der Waals surface area contributed by atoms with Crippen LogP contribution in [-0.2, 0) is 29.1 Å². The third-order valence-electron chi connectivity index (χ3n) is 13.5. The Morgan fingerprint density at radius 3 is 2.54 bits per heavy atom. The van der Waals surface area contributed by atoms with Gasteiger partial charge in [-0.1, -0.05) is 50.6 Å². The van der Waals surface area contributed by atoms with Gasteiger partial charge in [0.15, 0.2) is 0 Å². The van der Waals surface area contributed by atoms with Crippen LogP contribution in [0.1, 0.15) is 98.3 Å². The number of carbonyl (C=O) groups excluding carboxylic acids is 4. The first-order valence-corrected chi connectivity index (χ1v) is 23.2. The van der Waals surface area contributed by atoms with E-state index in [1.165, 1.54) is 11.3 Å². The predicted molar refractivity (Wildman–Crippen MR) is 220 cm³/mol. The van der Waals surface area contributed by atoms with Gasteiger partial charge >= 0.3 is 6.09 Å². The number of alkyl carbamates (subject to hydrolysis) is 1. The van der Waals surface area contributed by atoms with Gasteiger partial charge in [-0.15, -0.1) is 0 Å². The van der Waals surface area contributed by atoms with Gasteiger partial charge < -0.3 is 29.7 Å². The van der Waals surface area contributed by atoms with E-state index in [4.69, 9.17) is 25.8 Å². The van der Waals surface area contributed by atoms with Crippen LogP contribution in [-0.4, -0.2) is 89.8 Å². The summed E-state index contributed by atoms with van der Waals surface area (Å²) in [5, 5.41) is 7.59. The van der Waals surface area contributed by atoms with E-state index in [0.717, 1.165) is 25.7 Å². The van der Waals surface area contributed by atoms with Gasteiger partial charge in [-0.25, -0.2) is 13.2 Å². The van der Waals surface area contributed by atoms with Crippen molar-refractivity contribution in [3.05, 3.63) is 41.4 Å². The average Bonchev–Trinajstić information content (AvgIpc) is 4.14. The second-order valence-electron chi connectivity index (χ2n) is 18.3. The van der Waals surface area contributed by atoms with E-state index in [9.17, 15) is 27.6 Å². The highest BCUT2D eigenvalue weighted by molar-refractivity contribution is 7.91. The molecule has 4 saturated carbocycles. The Hall–Kier alpha value is -4.11. The quantitative estimate of drug-likeness (QED) is 0.247. The van der Waals surface area contributed by atoms with Crippen LogP contribution in [0, 0.1) is 29.6 Å².